The molecule has 6 nitrogen and oxygen atoms in total. The summed E-state index contributed by atoms with van der Waals surface area (Å²) in [5, 5.41) is 11.5. The number of amidine groups is 1. The van der Waals surface area contributed by atoms with Crippen molar-refractivity contribution in [3.05, 3.63) is 81.6 Å². The number of hydrogen-bond acceptors (Lipinski definition) is 4. The fourth-order valence-electron chi connectivity index (χ4n) is 3.85. The first-order chi connectivity index (χ1) is 15.4. The third kappa shape index (κ3) is 5.16. The number of aromatic nitrogens is 1. The zero-order valence-electron chi connectivity index (χ0n) is 18.0. The second-order valence-electron chi connectivity index (χ2n) is 7.95. The summed E-state index contributed by atoms with van der Waals surface area (Å²) in [6, 6.07) is 18.8. The van der Waals surface area contributed by atoms with E-state index in [2.05, 4.69) is 32.9 Å². The largest absolute Gasteiger partial charge is 0.372 e. The second-order valence-corrected chi connectivity index (χ2v) is 9.11. The number of ether oxygens (including phenoxy) is 1. The Morgan fingerprint density at radius 3 is 2.41 bits per heavy atom. The lowest BCUT2D eigenvalue weighted by Crippen LogP contribution is -2.48. The number of pyridine rings is 1. The molecule has 2 aromatic carbocycles. The SMILES string of the molecule is CC1CN(C(=N)c2ccc(C(=O)Nc3ccc(I)c(-c4ccccn4)c3)cc2)CC(C)O1. The van der Waals surface area contributed by atoms with Gasteiger partial charge in [0.1, 0.15) is 5.84 Å². The lowest BCUT2D eigenvalue weighted by atomic mass is 10.1. The van der Waals surface area contributed by atoms with Crippen LogP contribution in [-0.2, 0) is 4.74 Å². The molecule has 1 saturated heterocycles. The summed E-state index contributed by atoms with van der Waals surface area (Å²) >= 11 is 2.27. The lowest BCUT2D eigenvalue weighted by Gasteiger charge is -2.36. The number of hydrogen-bond donors (Lipinski definition) is 2. The van der Waals surface area contributed by atoms with Crippen LogP contribution in [0.5, 0.6) is 0 Å². The first-order valence-electron chi connectivity index (χ1n) is 10.5. The number of morpholine rings is 1. The number of benzene rings is 2. The summed E-state index contributed by atoms with van der Waals surface area (Å²) < 4.78 is 6.82. The topological polar surface area (TPSA) is 78.3 Å². The minimum Gasteiger partial charge on any atom is -0.372 e. The van der Waals surface area contributed by atoms with Gasteiger partial charge in [-0.2, -0.15) is 0 Å². The summed E-state index contributed by atoms with van der Waals surface area (Å²) in [5.74, 6) is 0.265. The zero-order chi connectivity index (χ0) is 22.7. The molecule has 0 radical (unpaired) electrons. The molecule has 1 amide bonds. The van der Waals surface area contributed by atoms with Gasteiger partial charge in [0.25, 0.3) is 5.91 Å². The summed E-state index contributed by atoms with van der Waals surface area (Å²) in [4.78, 5) is 19.2. The van der Waals surface area contributed by atoms with E-state index in [0.717, 1.165) is 20.4 Å². The monoisotopic (exact) mass is 540 g/mol. The van der Waals surface area contributed by atoms with Crippen LogP contribution in [0.3, 0.4) is 0 Å². The van der Waals surface area contributed by atoms with Gasteiger partial charge in [-0.15, -0.1) is 0 Å². The van der Waals surface area contributed by atoms with Crippen LogP contribution in [0.1, 0.15) is 29.8 Å². The maximum Gasteiger partial charge on any atom is 0.255 e. The predicted octanol–water partition coefficient (Wildman–Crippen LogP) is 5.04. The molecule has 7 heteroatoms. The number of carbonyl (C=O) groups excluding carboxylic acids is 1. The molecule has 32 heavy (non-hydrogen) atoms. The van der Waals surface area contributed by atoms with Gasteiger partial charge in [0.05, 0.1) is 17.9 Å². The molecule has 0 aliphatic carbocycles. The van der Waals surface area contributed by atoms with E-state index in [1.807, 2.05) is 67.3 Å². The highest BCUT2D eigenvalue weighted by Crippen LogP contribution is 2.27. The van der Waals surface area contributed by atoms with Gasteiger partial charge in [0, 0.05) is 45.2 Å². The fraction of sp³-hybridized carbons (Fsp3) is 0.240. The second kappa shape index (κ2) is 9.79. The fourth-order valence-corrected chi connectivity index (χ4v) is 4.46. The summed E-state index contributed by atoms with van der Waals surface area (Å²) in [6.07, 6.45) is 1.94. The number of nitrogens with one attached hydrogen (secondary N) is 2. The number of carbonyl (C=O) groups is 1. The van der Waals surface area contributed by atoms with Crippen LogP contribution in [0.4, 0.5) is 5.69 Å². The van der Waals surface area contributed by atoms with Gasteiger partial charge in [-0.05, 0) is 78.9 Å². The Bertz CT molecular complexity index is 1110. The van der Waals surface area contributed by atoms with E-state index in [-0.39, 0.29) is 18.1 Å². The van der Waals surface area contributed by atoms with Crippen LogP contribution in [0.2, 0.25) is 0 Å². The Morgan fingerprint density at radius 2 is 1.75 bits per heavy atom. The van der Waals surface area contributed by atoms with Crippen molar-refractivity contribution in [1.82, 2.24) is 9.88 Å². The van der Waals surface area contributed by atoms with E-state index in [1.54, 1.807) is 18.3 Å². The number of nitrogens with zero attached hydrogens (tertiary/aromatic N) is 2. The van der Waals surface area contributed by atoms with Crippen molar-refractivity contribution in [2.75, 3.05) is 18.4 Å². The van der Waals surface area contributed by atoms with Gasteiger partial charge in [0.15, 0.2) is 0 Å². The Hall–Kier alpha value is -2.78. The third-order valence-corrected chi connectivity index (χ3v) is 6.26. The van der Waals surface area contributed by atoms with Crippen LogP contribution in [0.25, 0.3) is 11.3 Å². The van der Waals surface area contributed by atoms with E-state index in [0.29, 0.717) is 30.2 Å². The van der Waals surface area contributed by atoms with E-state index in [1.165, 1.54) is 0 Å². The van der Waals surface area contributed by atoms with Crippen LogP contribution in [-0.4, -0.2) is 46.9 Å². The third-order valence-electron chi connectivity index (χ3n) is 5.32. The quantitative estimate of drug-likeness (QED) is 0.276. The molecule has 0 bridgehead atoms. The van der Waals surface area contributed by atoms with Crippen molar-refractivity contribution >= 4 is 40.0 Å². The Balaban J connectivity index is 1.46. The molecule has 0 spiro atoms. The molecule has 4 rings (SSSR count). The minimum absolute atomic E-state index is 0.0917. The van der Waals surface area contributed by atoms with Crippen molar-refractivity contribution in [2.24, 2.45) is 0 Å². The Morgan fingerprint density at radius 1 is 1.06 bits per heavy atom. The molecule has 1 fully saturated rings. The molecule has 1 aromatic heterocycles. The molecule has 1 aliphatic heterocycles. The lowest BCUT2D eigenvalue weighted by molar-refractivity contribution is -0.0480. The average molecular weight is 540 g/mol. The number of rotatable bonds is 4. The highest BCUT2D eigenvalue weighted by atomic mass is 127. The molecule has 3 aromatic rings. The maximum absolute atomic E-state index is 12.8. The molecule has 2 unspecified atom stereocenters. The molecule has 2 N–H and O–H groups in total. The van der Waals surface area contributed by atoms with Crippen molar-refractivity contribution in [2.45, 2.75) is 26.1 Å². The number of amides is 1. The smallest absolute Gasteiger partial charge is 0.255 e. The highest BCUT2D eigenvalue weighted by Gasteiger charge is 2.24. The van der Waals surface area contributed by atoms with Crippen LogP contribution < -0.4 is 5.32 Å². The van der Waals surface area contributed by atoms with Crippen molar-refractivity contribution in [3.63, 3.8) is 0 Å². The predicted molar refractivity (Wildman–Crippen MR) is 135 cm³/mol. The van der Waals surface area contributed by atoms with Gasteiger partial charge in [0.2, 0.25) is 0 Å². The summed E-state index contributed by atoms with van der Waals surface area (Å²) in [5.41, 5.74) is 3.88. The van der Waals surface area contributed by atoms with Gasteiger partial charge in [-0.1, -0.05) is 18.2 Å². The first-order valence-corrected chi connectivity index (χ1v) is 11.6. The molecule has 2 heterocycles. The highest BCUT2D eigenvalue weighted by molar-refractivity contribution is 14.1. The standard InChI is InChI=1S/C25H25IN4O2/c1-16-14-30(15-17(2)32-16)24(27)18-6-8-19(9-7-18)25(31)29-20-10-11-22(26)21(13-20)23-5-3-4-12-28-23/h3-13,16-17,27H,14-15H2,1-2H3,(H,29,31). The van der Waals surface area contributed by atoms with E-state index >= 15 is 0 Å². The zero-order valence-corrected chi connectivity index (χ0v) is 20.2. The van der Waals surface area contributed by atoms with E-state index < -0.39 is 0 Å². The van der Waals surface area contributed by atoms with E-state index in [9.17, 15) is 4.79 Å². The normalized spacial score (nSPS) is 18.3. The number of halogens is 1. The van der Waals surface area contributed by atoms with Gasteiger partial charge in [-0.3, -0.25) is 15.2 Å². The first kappa shape index (κ1) is 22.4. The molecular weight excluding hydrogens is 515 g/mol. The molecular formula is C25H25IN4O2. The molecule has 1 aliphatic rings. The van der Waals surface area contributed by atoms with Crippen LogP contribution in [0.15, 0.2) is 66.9 Å². The van der Waals surface area contributed by atoms with Crippen molar-refractivity contribution < 1.29 is 9.53 Å². The Labute approximate surface area is 201 Å². The maximum atomic E-state index is 12.8. The van der Waals surface area contributed by atoms with E-state index in [4.69, 9.17) is 10.1 Å². The minimum atomic E-state index is -0.190. The molecule has 164 valence electrons. The summed E-state index contributed by atoms with van der Waals surface area (Å²) in [6.45, 7) is 5.42. The summed E-state index contributed by atoms with van der Waals surface area (Å²) in [7, 11) is 0. The van der Waals surface area contributed by atoms with Gasteiger partial charge in [-0.25, -0.2) is 0 Å². The average Bonchev–Trinajstić information content (AvgIpc) is 2.80. The molecule has 0 saturated carbocycles. The molecule has 2 atom stereocenters. The van der Waals surface area contributed by atoms with Crippen LogP contribution in [0, 0.1) is 8.98 Å². The van der Waals surface area contributed by atoms with Crippen LogP contribution >= 0.6 is 22.6 Å². The van der Waals surface area contributed by atoms with Gasteiger partial charge >= 0.3 is 0 Å². The Kier molecular flexibility index (Phi) is 6.86. The number of anilines is 1. The van der Waals surface area contributed by atoms with Crippen molar-refractivity contribution in [1.29, 1.82) is 5.41 Å². The van der Waals surface area contributed by atoms with Gasteiger partial charge < -0.3 is 15.0 Å². The van der Waals surface area contributed by atoms with Crippen molar-refractivity contribution in [3.8, 4) is 11.3 Å².